The van der Waals surface area contributed by atoms with E-state index in [2.05, 4.69) is 5.32 Å². The summed E-state index contributed by atoms with van der Waals surface area (Å²) in [6, 6.07) is -0.492. The van der Waals surface area contributed by atoms with Gasteiger partial charge < -0.3 is 15.3 Å². The van der Waals surface area contributed by atoms with Crippen molar-refractivity contribution in [3.05, 3.63) is 0 Å². The molecule has 2 N–H and O–H groups in total. The molecule has 17 heavy (non-hydrogen) atoms. The number of amides is 2. The summed E-state index contributed by atoms with van der Waals surface area (Å²) >= 11 is 0. The average Bonchev–Trinajstić information content (AvgIpc) is 2.13. The zero-order valence-corrected chi connectivity index (χ0v) is 11.4. The highest BCUT2D eigenvalue weighted by Gasteiger charge is 2.21. The summed E-state index contributed by atoms with van der Waals surface area (Å²) in [5, 5.41) is 11.5. The van der Waals surface area contributed by atoms with Crippen molar-refractivity contribution in [2.75, 3.05) is 13.1 Å². The van der Waals surface area contributed by atoms with Crippen LogP contribution in [0.1, 0.15) is 41.0 Å². The summed E-state index contributed by atoms with van der Waals surface area (Å²) < 4.78 is 0. The molecule has 0 aromatic rings. The van der Waals surface area contributed by atoms with Crippen LogP contribution in [0.25, 0.3) is 0 Å². The molecule has 1 atom stereocenters. The molecule has 5 heteroatoms. The fraction of sp³-hybridized carbons (Fsp3) is 0.833. The third kappa shape index (κ3) is 6.81. The number of hydrogen-bond donors (Lipinski definition) is 2. The van der Waals surface area contributed by atoms with Crippen molar-refractivity contribution >= 4 is 12.0 Å². The van der Waals surface area contributed by atoms with E-state index in [1.807, 2.05) is 27.7 Å². The van der Waals surface area contributed by atoms with Gasteiger partial charge in [0, 0.05) is 19.1 Å². The van der Waals surface area contributed by atoms with Crippen molar-refractivity contribution in [2.45, 2.75) is 47.1 Å². The Kier molecular flexibility index (Phi) is 5.99. The first-order chi connectivity index (χ1) is 7.67. The molecule has 0 aliphatic carbocycles. The molecule has 1 unspecified atom stereocenters. The third-order valence-corrected chi connectivity index (χ3v) is 2.37. The first-order valence-electron chi connectivity index (χ1n) is 5.93. The fourth-order valence-corrected chi connectivity index (χ4v) is 1.46. The minimum atomic E-state index is -0.889. The Morgan fingerprint density at radius 3 is 2.24 bits per heavy atom. The van der Waals surface area contributed by atoms with Crippen LogP contribution in [0.3, 0.4) is 0 Å². The number of carboxylic acid groups (broad SMARTS) is 1. The van der Waals surface area contributed by atoms with Crippen LogP contribution in [0.4, 0.5) is 4.79 Å². The molecule has 0 heterocycles. The molecule has 5 nitrogen and oxygen atoms in total. The maximum atomic E-state index is 11.9. The van der Waals surface area contributed by atoms with Gasteiger partial charge in [0.25, 0.3) is 0 Å². The lowest BCUT2D eigenvalue weighted by Gasteiger charge is -2.29. The van der Waals surface area contributed by atoms with Crippen LogP contribution in [0.15, 0.2) is 0 Å². The highest BCUT2D eigenvalue weighted by molar-refractivity contribution is 5.75. The topological polar surface area (TPSA) is 69.6 Å². The lowest BCUT2D eigenvalue weighted by atomic mass is 9.97. The quantitative estimate of drug-likeness (QED) is 0.776. The normalized spacial score (nSPS) is 13.0. The van der Waals surface area contributed by atoms with Gasteiger partial charge in [-0.3, -0.25) is 4.79 Å². The summed E-state index contributed by atoms with van der Waals surface area (Å²) in [5.74, 6) is -0.889. The van der Waals surface area contributed by atoms with Gasteiger partial charge in [0.2, 0.25) is 0 Å². The minimum absolute atomic E-state index is 0.0190. The van der Waals surface area contributed by atoms with E-state index in [0.717, 1.165) is 0 Å². The van der Waals surface area contributed by atoms with Crippen LogP contribution in [-0.4, -0.2) is 41.1 Å². The van der Waals surface area contributed by atoms with Crippen LogP contribution in [0.5, 0.6) is 0 Å². The lowest BCUT2D eigenvalue weighted by molar-refractivity contribution is -0.138. The summed E-state index contributed by atoms with van der Waals surface area (Å²) in [7, 11) is 0. The van der Waals surface area contributed by atoms with Crippen LogP contribution in [0.2, 0.25) is 0 Å². The Balaban J connectivity index is 4.35. The van der Waals surface area contributed by atoms with Gasteiger partial charge in [0.05, 0.1) is 6.42 Å². The molecule has 0 saturated heterocycles. The first-order valence-corrected chi connectivity index (χ1v) is 5.93. The second kappa shape index (κ2) is 6.47. The number of rotatable bonds is 5. The number of carbonyl (C=O) groups is 2. The Morgan fingerprint density at radius 2 is 1.88 bits per heavy atom. The van der Waals surface area contributed by atoms with Gasteiger partial charge in [-0.1, -0.05) is 20.8 Å². The number of nitrogens with zero attached hydrogens (tertiary/aromatic N) is 1. The molecule has 0 aromatic carbocycles. The van der Waals surface area contributed by atoms with E-state index in [1.54, 1.807) is 11.8 Å². The van der Waals surface area contributed by atoms with Gasteiger partial charge in [-0.05, 0) is 19.3 Å². The Bertz CT molecular complexity index is 271. The van der Waals surface area contributed by atoms with Crippen molar-refractivity contribution in [3.8, 4) is 0 Å². The van der Waals surface area contributed by atoms with Crippen molar-refractivity contribution in [1.29, 1.82) is 0 Å². The van der Waals surface area contributed by atoms with Gasteiger partial charge in [0.1, 0.15) is 0 Å². The smallest absolute Gasteiger partial charge is 0.317 e. The zero-order valence-electron chi connectivity index (χ0n) is 11.4. The maximum Gasteiger partial charge on any atom is 0.317 e. The maximum absolute atomic E-state index is 11.9. The Labute approximate surface area is 103 Å². The van der Waals surface area contributed by atoms with Gasteiger partial charge in [-0.25, -0.2) is 4.79 Å². The molecule has 0 radical (unpaired) electrons. The molecule has 0 spiro atoms. The molecule has 0 aromatic heterocycles. The van der Waals surface area contributed by atoms with Crippen LogP contribution >= 0.6 is 0 Å². The monoisotopic (exact) mass is 244 g/mol. The summed E-state index contributed by atoms with van der Waals surface area (Å²) in [5.41, 5.74) is 0.0190. The second-order valence-corrected chi connectivity index (χ2v) is 5.45. The molecule has 0 bridgehead atoms. The molecule has 0 saturated carbocycles. The number of nitrogens with one attached hydrogen (secondary N) is 1. The molecule has 0 fully saturated rings. The molecular weight excluding hydrogens is 220 g/mol. The third-order valence-electron chi connectivity index (χ3n) is 2.37. The van der Waals surface area contributed by atoms with Crippen molar-refractivity contribution in [3.63, 3.8) is 0 Å². The minimum Gasteiger partial charge on any atom is -0.481 e. The number of carboxylic acids is 1. The SMILES string of the molecule is CCN(C(=O)NCC(C)(C)C)C(C)CC(=O)O. The highest BCUT2D eigenvalue weighted by atomic mass is 16.4. The molecule has 0 aliphatic rings. The van der Waals surface area contributed by atoms with Gasteiger partial charge in [-0.2, -0.15) is 0 Å². The zero-order chi connectivity index (χ0) is 13.6. The summed E-state index contributed by atoms with van der Waals surface area (Å²) in [6.07, 6.45) is -0.0310. The average molecular weight is 244 g/mol. The Morgan fingerprint density at radius 1 is 1.35 bits per heavy atom. The number of urea groups is 1. The van der Waals surface area contributed by atoms with Crippen molar-refractivity contribution < 1.29 is 14.7 Å². The largest absolute Gasteiger partial charge is 0.481 e. The van der Waals surface area contributed by atoms with Gasteiger partial charge in [-0.15, -0.1) is 0 Å². The number of carbonyl (C=O) groups excluding carboxylic acids is 1. The summed E-state index contributed by atoms with van der Waals surface area (Å²) in [6.45, 7) is 10.8. The second-order valence-electron chi connectivity index (χ2n) is 5.45. The van der Waals surface area contributed by atoms with E-state index in [1.165, 1.54) is 0 Å². The van der Waals surface area contributed by atoms with Crippen LogP contribution in [-0.2, 0) is 4.79 Å². The summed E-state index contributed by atoms with van der Waals surface area (Å²) in [4.78, 5) is 24.0. The van der Waals surface area contributed by atoms with E-state index in [-0.39, 0.29) is 23.9 Å². The highest BCUT2D eigenvalue weighted by Crippen LogP contribution is 2.11. The van der Waals surface area contributed by atoms with Crippen molar-refractivity contribution in [1.82, 2.24) is 10.2 Å². The van der Waals surface area contributed by atoms with Gasteiger partial charge in [0.15, 0.2) is 0 Å². The number of aliphatic carboxylic acids is 1. The van der Waals surface area contributed by atoms with E-state index in [4.69, 9.17) is 5.11 Å². The van der Waals surface area contributed by atoms with Crippen molar-refractivity contribution in [2.24, 2.45) is 5.41 Å². The molecule has 2 amide bonds. The van der Waals surface area contributed by atoms with E-state index in [0.29, 0.717) is 13.1 Å². The Hall–Kier alpha value is -1.26. The van der Waals surface area contributed by atoms with E-state index < -0.39 is 5.97 Å². The first kappa shape index (κ1) is 15.7. The van der Waals surface area contributed by atoms with E-state index in [9.17, 15) is 9.59 Å². The standard InChI is InChI=1S/C12H24N2O3/c1-6-14(9(2)7-10(15)16)11(17)13-8-12(3,4)5/h9H,6-8H2,1-5H3,(H,13,17)(H,15,16). The molecule has 100 valence electrons. The molecule has 0 rings (SSSR count). The van der Waals surface area contributed by atoms with Crippen LogP contribution in [0, 0.1) is 5.41 Å². The number of hydrogen-bond acceptors (Lipinski definition) is 2. The fourth-order valence-electron chi connectivity index (χ4n) is 1.46. The van der Waals surface area contributed by atoms with Crippen LogP contribution < -0.4 is 5.32 Å². The lowest BCUT2D eigenvalue weighted by Crippen LogP contribution is -2.47. The predicted molar refractivity (Wildman–Crippen MR) is 66.9 cm³/mol. The van der Waals surface area contributed by atoms with Gasteiger partial charge >= 0.3 is 12.0 Å². The molecule has 0 aliphatic heterocycles. The van der Waals surface area contributed by atoms with E-state index >= 15 is 0 Å². The predicted octanol–water partition coefficient (Wildman–Crippen LogP) is 1.93. The molecular formula is C12H24N2O3.